The molecule has 0 bridgehead atoms. The molecule has 0 aliphatic heterocycles. The Balaban J connectivity index is -0.00000722. The maximum absolute atomic E-state index is 11.9. The molecule has 0 amide bonds. The van der Waals surface area contributed by atoms with E-state index >= 15 is 0 Å². The molecule has 0 saturated heterocycles. The van der Waals surface area contributed by atoms with E-state index in [1.807, 2.05) is 0 Å². The van der Waals surface area contributed by atoms with Gasteiger partial charge < -0.3 is 1.43 Å². The Hall–Kier alpha value is 0.870. The average Bonchev–Trinajstić information content (AvgIpc) is 2.92. The van der Waals surface area contributed by atoms with Crippen LogP contribution in [0.3, 0.4) is 0 Å². The van der Waals surface area contributed by atoms with Crippen molar-refractivity contribution in [3.8, 4) is 0 Å². The van der Waals surface area contributed by atoms with E-state index in [0.717, 1.165) is 25.7 Å². The molecule has 6 heteroatoms. The van der Waals surface area contributed by atoms with Crippen LogP contribution in [0, 0.1) is 0 Å². The van der Waals surface area contributed by atoms with Gasteiger partial charge in [0.05, 0.1) is 13.2 Å². The first kappa shape index (κ1) is 43.0. The molecular formula is C34H71NaO4S. The SMILES string of the molecule is CCCCCCCCCCCCCCCCCCOS(=O)(=O)OCCCCCCCCCCCCCCCC.[H-].[Na+]. The molecule has 40 heavy (non-hydrogen) atoms. The van der Waals surface area contributed by atoms with E-state index in [-0.39, 0.29) is 44.2 Å². The second-order valence-electron chi connectivity index (χ2n) is 12.0. The van der Waals surface area contributed by atoms with Crippen molar-refractivity contribution in [1.82, 2.24) is 0 Å². The zero-order chi connectivity index (χ0) is 28.5. The molecule has 0 rings (SSSR count). The molecule has 0 radical (unpaired) electrons. The van der Waals surface area contributed by atoms with Crippen LogP contribution in [0.1, 0.15) is 208 Å². The van der Waals surface area contributed by atoms with E-state index < -0.39 is 10.4 Å². The fraction of sp³-hybridized carbons (Fsp3) is 1.00. The van der Waals surface area contributed by atoms with Crippen LogP contribution in [0.4, 0.5) is 0 Å². The maximum Gasteiger partial charge on any atom is 1.00 e. The first-order chi connectivity index (χ1) is 19.1. The standard InChI is InChI=1S/C34H70O4S.Na.H/c1-3-5-7-9-11-13-15-17-19-20-22-24-26-28-30-32-34-38-39(35,36)37-33-31-29-27-25-23-21-18-16-14-12-10-8-6-4-2;;/h3-34H2,1-2H3;;/q;+1;-1. The molecule has 0 aliphatic carbocycles. The fourth-order valence-electron chi connectivity index (χ4n) is 5.30. The summed E-state index contributed by atoms with van der Waals surface area (Å²) in [5.74, 6) is 0. The van der Waals surface area contributed by atoms with Crippen LogP contribution in [-0.4, -0.2) is 21.6 Å². The van der Waals surface area contributed by atoms with Gasteiger partial charge in [-0.3, -0.25) is 0 Å². The molecule has 0 unspecified atom stereocenters. The van der Waals surface area contributed by atoms with Crippen LogP contribution >= 0.6 is 0 Å². The van der Waals surface area contributed by atoms with Crippen molar-refractivity contribution in [3.05, 3.63) is 0 Å². The van der Waals surface area contributed by atoms with Gasteiger partial charge in [0.25, 0.3) is 0 Å². The van der Waals surface area contributed by atoms with E-state index in [1.54, 1.807) is 0 Å². The molecule has 0 aromatic rings. The maximum atomic E-state index is 11.9. The van der Waals surface area contributed by atoms with Crippen LogP contribution in [0.15, 0.2) is 0 Å². The summed E-state index contributed by atoms with van der Waals surface area (Å²) in [6.07, 6.45) is 38.9. The van der Waals surface area contributed by atoms with Gasteiger partial charge in [0.2, 0.25) is 0 Å². The summed E-state index contributed by atoms with van der Waals surface area (Å²) in [5.41, 5.74) is 0. The Bertz CT molecular complexity index is 563. The molecule has 0 aromatic heterocycles. The average molecular weight is 599 g/mol. The van der Waals surface area contributed by atoms with Gasteiger partial charge >= 0.3 is 40.0 Å². The molecule has 0 spiro atoms. The summed E-state index contributed by atoms with van der Waals surface area (Å²) in [7, 11) is -3.82. The molecule has 0 fully saturated rings. The third-order valence-corrected chi connectivity index (χ3v) is 8.86. The van der Waals surface area contributed by atoms with E-state index in [2.05, 4.69) is 13.8 Å². The van der Waals surface area contributed by atoms with Crippen molar-refractivity contribution >= 4 is 10.4 Å². The number of hydrogen-bond donors (Lipinski definition) is 0. The van der Waals surface area contributed by atoms with E-state index in [1.165, 1.54) is 167 Å². The molecule has 238 valence electrons. The Morgan fingerprint density at radius 1 is 0.350 bits per heavy atom. The summed E-state index contributed by atoms with van der Waals surface area (Å²) in [6.45, 7) is 5.05. The number of unbranched alkanes of at least 4 members (excludes halogenated alkanes) is 28. The van der Waals surface area contributed by atoms with Gasteiger partial charge in [0.1, 0.15) is 0 Å². The second-order valence-corrected chi connectivity index (χ2v) is 13.2. The minimum Gasteiger partial charge on any atom is -1.00 e. The van der Waals surface area contributed by atoms with Crippen LogP contribution in [0.2, 0.25) is 0 Å². The van der Waals surface area contributed by atoms with Crippen molar-refractivity contribution in [1.29, 1.82) is 0 Å². The number of hydrogen-bond acceptors (Lipinski definition) is 4. The van der Waals surface area contributed by atoms with E-state index in [4.69, 9.17) is 8.37 Å². The largest absolute Gasteiger partial charge is 1.00 e. The fourth-order valence-corrected chi connectivity index (χ4v) is 6.01. The molecule has 0 atom stereocenters. The summed E-state index contributed by atoms with van der Waals surface area (Å²) in [6, 6.07) is 0. The topological polar surface area (TPSA) is 52.6 Å². The zero-order valence-electron chi connectivity index (χ0n) is 28.7. The summed E-state index contributed by atoms with van der Waals surface area (Å²) in [4.78, 5) is 0. The van der Waals surface area contributed by atoms with Crippen molar-refractivity contribution < 1.29 is 47.8 Å². The van der Waals surface area contributed by atoms with Gasteiger partial charge in [-0.2, -0.15) is 8.42 Å². The minimum absolute atomic E-state index is 0. The monoisotopic (exact) mass is 598 g/mol. The van der Waals surface area contributed by atoms with Gasteiger partial charge in [0.15, 0.2) is 0 Å². The summed E-state index contributed by atoms with van der Waals surface area (Å²) < 4.78 is 33.8. The predicted molar refractivity (Wildman–Crippen MR) is 172 cm³/mol. The molecule has 0 saturated carbocycles. The Labute approximate surface area is 276 Å². The Kier molecular flexibility index (Phi) is 38.8. The minimum atomic E-state index is -3.82. The van der Waals surface area contributed by atoms with Gasteiger partial charge in [-0.05, 0) is 12.8 Å². The summed E-state index contributed by atoms with van der Waals surface area (Å²) >= 11 is 0. The third kappa shape index (κ3) is 36.9. The predicted octanol–water partition coefficient (Wildman–Crippen LogP) is 9.12. The van der Waals surface area contributed by atoms with Gasteiger partial charge in [-0.15, -0.1) is 0 Å². The Morgan fingerprint density at radius 2 is 0.525 bits per heavy atom. The second kappa shape index (κ2) is 36.1. The Morgan fingerprint density at radius 3 is 0.725 bits per heavy atom. The van der Waals surface area contributed by atoms with Gasteiger partial charge in [-0.1, -0.05) is 194 Å². The van der Waals surface area contributed by atoms with E-state index in [0.29, 0.717) is 0 Å². The molecule has 0 heterocycles. The van der Waals surface area contributed by atoms with Crippen molar-refractivity contribution in [3.63, 3.8) is 0 Å². The van der Waals surface area contributed by atoms with Gasteiger partial charge in [-0.25, -0.2) is 8.37 Å². The van der Waals surface area contributed by atoms with Crippen molar-refractivity contribution in [2.24, 2.45) is 0 Å². The van der Waals surface area contributed by atoms with Crippen molar-refractivity contribution in [2.75, 3.05) is 13.2 Å². The van der Waals surface area contributed by atoms with Crippen LogP contribution in [0.25, 0.3) is 0 Å². The molecule has 0 aromatic carbocycles. The first-order valence-electron chi connectivity index (χ1n) is 17.7. The third-order valence-electron chi connectivity index (χ3n) is 7.95. The molecule has 0 N–H and O–H groups in total. The van der Waals surface area contributed by atoms with Gasteiger partial charge in [0, 0.05) is 0 Å². The van der Waals surface area contributed by atoms with Crippen LogP contribution in [0.5, 0.6) is 0 Å². The first-order valence-corrected chi connectivity index (χ1v) is 19.0. The van der Waals surface area contributed by atoms with E-state index in [9.17, 15) is 8.42 Å². The molecular weight excluding hydrogens is 527 g/mol. The molecule has 4 nitrogen and oxygen atoms in total. The number of rotatable bonds is 34. The van der Waals surface area contributed by atoms with Crippen LogP contribution in [-0.2, 0) is 18.8 Å². The quantitative estimate of drug-likeness (QED) is 0.0547. The summed E-state index contributed by atoms with van der Waals surface area (Å²) in [5, 5.41) is 0. The van der Waals surface area contributed by atoms with Crippen LogP contribution < -0.4 is 29.6 Å². The zero-order valence-corrected chi connectivity index (χ0v) is 30.5. The molecule has 0 aliphatic rings. The smallest absolute Gasteiger partial charge is 1.00 e. The van der Waals surface area contributed by atoms with Crippen molar-refractivity contribution in [2.45, 2.75) is 206 Å². The normalized spacial score (nSPS) is 11.7.